The fourth-order valence-electron chi connectivity index (χ4n) is 2.82. The Morgan fingerprint density at radius 3 is 2.63 bits per heavy atom. The lowest BCUT2D eigenvalue weighted by Crippen LogP contribution is -2.36. The lowest BCUT2D eigenvalue weighted by atomic mass is 10.2. The molecule has 0 radical (unpaired) electrons. The second kappa shape index (κ2) is 9.10. The molecule has 3 aromatic rings. The lowest BCUT2D eigenvalue weighted by molar-refractivity contribution is 0.0959. The molecule has 3 rings (SSSR count). The van der Waals surface area contributed by atoms with Crippen molar-refractivity contribution in [3.63, 3.8) is 0 Å². The fourth-order valence-corrected chi connectivity index (χ4v) is 3.91. The van der Waals surface area contributed by atoms with E-state index in [9.17, 15) is 9.59 Å². The lowest BCUT2D eigenvalue weighted by Gasteiger charge is -2.25. The van der Waals surface area contributed by atoms with Crippen LogP contribution in [0.15, 0.2) is 59.4 Å². The van der Waals surface area contributed by atoms with Gasteiger partial charge in [-0.2, -0.15) is 12.6 Å². The number of fused-ring (bicyclic) bond motifs is 1. The van der Waals surface area contributed by atoms with Crippen LogP contribution in [0.2, 0.25) is 0 Å². The smallest absolute Gasteiger partial charge is 0.410 e. The molecule has 0 aliphatic carbocycles. The molecule has 142 valence electrons. The number of hydrogen-bond acceptors (Lipinski definition) is 5. The summed E-state index contributed by atoms with van der Waals surface area (Å²) in [6.45, 7) is 3.05. The third-order valence-electron chi connectivity index (χ3n) is 4.21. The van der Waals surface area contributed by atoms with E-state index in [2.05, 4.69) is 12.6 Å². The first-order chi connectivity index (χ1) is 13.1. The molecule has 0 saturated heterocycles. The zero-order valence-electron chi connectivity index (χ0n) is 15.1. The van der Waals surface area contributed by atoms with E-state index in [0.717, 1.165) is 15.8 Å². The van der Waals surface area contributed by atoms with Gasteiger partial charge in [-0.15, -0.1) is 0 Å². The van der Waals surface area contributed by atoms with Gasteiger partial charge >= 0.3 is 11.0 Å². The Hall–Kier alpha value is -2.25. The van der Waals surface area contributed by atoms with Crippen molar-refractivity contribution in [2.24, 2.45) is 0 Å². The molecule has 5 nitrogen and oxygen atoms in total. The zero-order valence-corrected chi connectivity index (χ0v) is 16.8. The zero-order chi connectivity index (χ0) is 19.2. The molecule has 1 amide bonds. The van der Waals surface area contributed by atoms with Gasteiger partial charge in [-0.1, -0.05) is 53.8 Å². The van der Waals surface area contributed by atoms with Gasteiger partial charge in [0.1, 0.15) is 0 Å². The van der Waals surface area contributed by atoms with Gasteiger partial charge in [-0.05, 0) is 31.0 Å². The van der Waals surface area contributed by atoms with Gasteiger partial charge in [0.15, 0.2) is 0 Å². The van der Waals surface area contributed by atoms with Crippen LogP contribution in [0.25, 0.3) is 10.2 Å². The number of thiazole rings is 1. The number of para-hydroxylation sites is 1. The molecule has 0 spiro atoms. The number of benzene rings is 2. The largest absolute Gasteiger partial charge is 0.449 e. The summed E-state index contributed by atoms with van der Waals surface area (Å²) in [5, 5.41) is -0.263. The Labute approximate surface area is 167 Å². The predicted octanol–water partition coefficient (Wildman–Crippen LogP) is 4.37. The third kappa shape index (κ3) is 4.93. The van der Waals surface area contributed by atoms with E-state index in [-0.39, 0.29) is 16.9 Å². The van der Waals surface area contributed by atoms with Gasteiger partial charge in [0.2, 0.25) is 0 Å². The van der Waals surface area contributed by atoms with Gasteiger partial charge in [0.25, 0.3) is 0 Å². The number of ether oxygens (including phenoxy) is 1. The maximum Gasteiger partial charge on any atom is 0.410 e. The summed E-state index contributed by atoms with van der Waals surface area (Å²) < 4.78 is 8.12. The second-order valence-electron chi connectivity index (χ2n) is 6.20. The number of nitrogens with zero attached hydrogens (tertiary/aromatic N) is 2. The van der Waals surface area contributed by atoms with Gasteiger partial charge in [-0.3, -0.25) is 14.3 Å². The Balaban J connectivity index is 1.54. The quantitative estimate of drug-likeness (QED) is 0.363. The molecule has 1 atom stereocenters. The molecule has 27 heavy (non-hydrogen) atoms. The van der Waals surface area contributed by atoms with Crippen molar-refractivity contribution in [2.45, 2.75) is 31.8 Å². The molecule has 0 saturated carbocycles. The molecule has 0 aliphatic heterocycles. The van der Waals surface area contributed by atoms with Gasteiger partial charge < -0.3 is 4.74 Å². The first-order valence-corrected chi connectivity index (χ1v) is 10.1. The summed E-state index contributed by atoms with van der Waals surface area (Å²) in [4.78, 5) is 26.1. The minimum Gasteiger partial charge on any atom is -0.449 e. The summed E-state index contributed by atoms with van der Waals surface area (Å²) >= 11 is 5.63. The number of thiol groups is 1. The second-order valence-corrected chi connectivity index (χ2v) is 7.94. The first kappa shape index (κ1) is 19.5. The van der Waals surface area contributed by atoms with E-state index in [4.69, 9.17) is 4.74 Å². The molecule has 1 heterocycles. The molecule has 1 aromatic heterocycles. The molecule has 0 fully saturated rings. The highest BCUT2D eigenvalue weighted by Crippen LogP contribution is 2.17. The Morgan fingerprint density at radius 2 is 1.89 bits per heavy atom. The monoisotopic (exact) mass is 402 g/mol. The van der Waals surface area contributed by atoms with Crippen molar-refractivity contribution in [3.05, 3.63) is 69.8 Å². The van der Waals surface area contributed by atoms with E-state index in [1.165, 1.54) is 11.3 Å². The minimum absolute atomic E-state index is 0.0113. The molecule has 0 N–H and O–H groups in total. The summed E-state index contributed by atoms with van der Waals surface area (Å²) in [7, 11) is 0. The molecule has 7 heteroatoms. The van der Waals surface area contributed by atoms with Crippen LogP contribution in [0.3, 0.4) is 0 Å². The molecule has 0 bridgehead atoms. The fraction of sp³-hybridized carbons (Fsp3) is 0.300. The van der Waals surface area contributed by atoms with Crippen molar-refractivity contribution in [2.75, 3.05) is 6.61 Å². The molecule has 2 aromatic carbocycles. The van der Waals surface area contributed by atoms with Crippen LogP contribution >= 0.6 is 24.0 Å². The van der Waals surface area contributed by atoms with Crippen LogP contribution in [0.4, 0.5) is 4.79 Å². The van der Waals surface area contributed by atoms with Crippen LogP contribution in [0, 0.1) is 0 Å². The SMILES string of the molecule is CC(S)N(Cc1ccccc1)C(=O)OCCCn1c(=O)sc2ccccc21. The van der Waals surface area contributed by atoms with Crippen LogP contribution in [0.1, 0.15) is 18.9 Å². The van der Waals surface area contributed by atoms with Crippen LogP contribution < -0.4 is 4.87 Å². The van der Waals surface area contributed by atoms with E-state index in [0.29, 0.717) is 19.5 Å². The standard InChI is InChI=1S/C20H22N2O3S2/c1-15(26)22(14-16-8-3-2-4-9-16)19(23)25-13-7-12-21-17-10-5-6-11-18(17)27-20(21)24/h2-6,8-11,15,26H,7,12-14H2,1H3. The number of carbonyl (C=O) groups is 1. The average molecular weight is 403 g/mol. The summed E-state index contributed by atoms with van der Waals surface area (Å²) in [5.74, 6) is 0. The third-order valence-corrected chi connectivity index (χ3v) is 5.45. The maximum absolute atomic E-state index is 12.4. The van der Waals surface area contributed by atoms with E-state index in [1.54, 1.807) is 9.47 Å². The molecular weight excluding hydrogens is 380 g/mol. The Kier molecular flexibility index (Phi) is 6.58. The highest BCUT2D eigenvalue weighted by Gasteiger charge is 2.19. The first-order valence-electron chi connectivity index (χ1n) is 8.80. The van der Waals surface area contributed by atoms with Crippen molar-refractivity contribution >= 4 is 40.3 Å². The van der Waals surface area contributed by atoms with E-state index >= 15 is 0 Å². The number of aromatic nitrogens is 1. The number of rotatable bonds is 7. The normalized spacial score (nSPS) is 12.1. The predicted molar refractivity (Wildman–Crippen MR) is 112 cm³/mol. The highest BCUT2D eigenvalue weighted by molar-refractivity contribution is 7.80. The van der Waals surface area contributed by atoms with Crippen molar-refractivity contribution in [1.29, 1.82) is 0 Å². The van der Waals surface area contributed by atoms with E-state index < -0.39 is 6.09 Å². The number of amides is 1. The minimum atomic E-state index is -0.399. The summed E-state index contributed by atoms with van der Waals surface area (Å²) in [5.41, 5.74) is 1.94. The average Bonchev–Trinajstić information content (AvgIpc) is 2.99. The van der Waals surface area contributed by atoms with E-state index in [1.807, 2.05) is 61.5 Å². The summed E-state index contributed by atoms with van der Waals surface area (Å²) in [6.07, 6.45) is 0.177. The number of carbonyl (C=O) groups excluding carboxylic acids is 1. The topological polar surface area (TPSA) is 51.5 Å². The Bertz CT molecular complexity index is 951. The van der Waals surface area contributed by atoms with Crippen LogP contribution in [-0.2, 0) is 17.8 Å². The van der Waals surface area contributed by atoms with Crippen molar-refractivity contribution in [1.82, 2.24) is 9.47 Å². The highest BCUT2D eigenvalue weighted by atomic mass is 32.1. The van der Waals surface area contributed by atoms with Gasteiger partial charge in [0, 0.05) is 6.54 Å². The van der Waals surface area contributed by atoms with Gasteiger partial charge in [0.05, 0.1) is 28.7 Å². The van der Waals surface area contributed by atoms with Gasteiger partial charge in [-0.25, -0.2) is 4.79 Å². The van der Waals surface area contributed by atoms with Crippen LogP contribution in [-0.4, -0.2) is 27.5 Å². The van der Waals surface area contributed by atoms with Crippen molar-refractivity contribution in [3.8, 4) is 0 Å². The van der Waals surface area contributed by atoms with Crippen molar-refractivity contribution < 1.29 is 9.53 Å². The molecule has 1 unspecified atom stereocenters. The molecular formula is C20H22N2O3S2. The number of aryl methyl sites for hydroxylation is 1. The Morgan fingerprint density at radius 1 is 1.19 bits per heavy atom. The molecule has 0 aliphatic rings. The number of hydrogen-bond donors (Lipinski definition) is 1. The van der Waals surface area contributed by atoms with Crippen LogP contribution in [0.5, 0.6) is 0 Å². The summed E-state index contributed by atoms with van der Waals surface area (Å²) in [6, 6.07) is 17.4. The maximum atomic E-state index is 12.4.